The molecule has 1 aliphatic heterocycles. The zero-order chi connectivity index (χ0) is 12.6. The molecule has 18 heavy (non-hydrogen) atoms. The number of aliphatic imine (C=N–C) groups is 1. The summed E-state index contributed by atoms with van der Waals surface area (Å²) in [6, 6.07) is 10.1. The van der Waals surface area contributed by atoms with Crippen molar-refractivity contribution in [1.29, 1.82) is 0 Å². The molecule has 1 heterocycles. The number of hydrogen-bond donors (Lipinski definition) is 0. The second-order valence-corrected chi connectivity index (χ2v) is 4.07. The quantitative estimate of drug-likeness (QED) is 0.460. The lowest BCUT2D eigenvalue weighted by molar-refractivity contribution is 0.0701. The third kappa shape index (κ3) is 3.57. The van der Waals surface area contributed by atoms with Gasteiger partial charge in [-0.15, -0.1) is 0 Å². The minimum absolute atomic E-state index is 0.780. The molecule has 3 heteroatoms. The minimum Gasteiger partial charge on any atom is -0.378 e. The number of rotatable bonds is 4. The average molecular weight is 242 g/mol. The highest BCUT2D eigenvalue weighted by molar-refractivity contribution is 5.74. The summed E-state index contributed by atoms with van der Waals surface area (Å²) < 4.78 is 5.28. The molecule has 3 nitrogen and oxygen atoms in total. The summed E-state index contributed by atoms with van der Waals surface area (Å²) in [4.78, 5) is 6.51. The Hall–Kier alpha value is -1.87. The molecule has 1 fully saturated rings. The fourth-order valence-electron chi connectivity index (χ4n) is 1.78. The van der Waals surface area contributed by atoms with Crippen LogP contribution in [0.4, 0.5) is 0 Å². The maximum absolute atomic E-state index is 5.28. The van der Waals surface area contributed by atoms with Crippen molar-refractivity contribution >= 4 is 11.9 Å². The fraction of sp³-hybridized carbons (Fsp3) is 0.267. The van der Waals surface area contributed by atoms with Gasteiger partial charge in [0.15, 0.2) is 0 Å². The highest BCUT2D eigenvalue weighted by Gasteiger charge is 2.05. The molecule has 1 aromatic carbocycles. The van der Waals surface area contributed by atoms with E-state index in [1.165, 1.54) is 0 Å². The normalized spacial score (nSPS) is 17.1. The van der Waals surface area contributed by atoms with Crippen molar-refractivity contribution in [3.63, 3.8) is 0 Å². The van der Waals surface area contributed by atoms with E-state index < -0.39 is 0 Å². The fourth-order valence-corrected chi connectivity index (χ4v) is 1.78. The number of hydrogen-bond acceptors (Lipinski definition) is 2. The van der Waals surface area contributed by atoms with Crippen LogP contribution in [0.5, 0.6) is 0 Å². The van der Waals surface area contributed by atoms with Gasteiger partial charge in [-0.2, -0.15) is 0 Å². The average Bonchev–Trinajstić information content (AvgIpc) is 2.46. The Morgan fingerprint density at radius 1 is 1.22 bits per heavy atom. The highest BCUT2D eigenvalue weighted by atomic mass is 16.5. The molecular weight excluding hydrogens is 224 g/mol. The van der Waals surface area contributed by atoms with E-state index in [1.807, 2.05) is 36.8 Å². The lowest BCUT2D eigenvalue weighted by Gasteiger charge is -2.23. The monoisotopic (exact) mass is 242 g/mol. The maximum Gasteiger partial charge on any atom is 0.0906 e. The van der Waals surface area contributed by atoms with Crippen molar-refractivity contribution in [1.82, 2.24) is 4.90 Å². The van der Waals surface area contributed by atoms with Gasteiger partial charge in [0.1, 0.15) is 0 Å². The second kappa shape index (κ2) is 6.77. The summed E-state index contributed by atoms with van der Waals surface area (Å²) >= 11 is 0. The predicted molar refractivity (Wildman–Crippen MR) is 75.5 cm³/mol. The summed E-state index contributed by atoms with van der Waals surface area (Å²) in [7, 11) is 0. The van der Waals surface area contributed by atoms with Crippen LogP contribution in [0, 0.1) is 0 Å². The summed E-state index contributed by atoms with van der Waals surface area (Å²) in [5.41, 5.74) is 2.16. The Kier molecular flexibility index (Phi) is 4.73. The molecular formula is C15H18N2O. The van der Waals surface area contributed by atoms with Gasteiger partial charge in [0.25, 0.3) is 0 Å². The molecule has 0 spiro atoms. The van der Waals surface area contributed by atoms with Crippen molar-refractivity contribution in [2.75, 3.05) is 26.3 Å². The van der Waals surface area contributed by atoms with Gasteiger partial charge in [-0.1, -0.05) is 43.0 Å². The van der Waals surface area contributed by atoms with Crippen LogP contribution < -0.4 is 0 Å². The van der Waals surface area contributed by atoms with E-state index in [0.717, 1.165) is 37.4 Å². The molecule has 1 aromatic rings. The molecule has 0 bridgehead atoms. The highest BCUT2D eigenvalue weighted by Crippen LogP contribution is 2.14. The van der Waals surface area contributed by atoms with E-state index in [-0.39, 0.29) is 0 Å². The lowest BCUT2D eigenvalue weighted by atomic mass is 10.1. The molecule has 0 saturated carbocycles. The van der Waals surface area contributed by atoms with Crippen LogP contribution in [0.3, 0.4) is 0 Å². The van der Waals surface area contributed by atoms with Crippen molar-refractivity contribution in [3.8, 4) is 0 Å². The van der Waals surface area contributed by atoms with Crippen LogP contribution in [-0.4, -0.2) is 37.5 Å². The first kappa shape index (κ1) is 12.6. The molecule has 1 aliphatic rings. The predicted octanol–water partition coefficient (Wildman–Crippen LogP) is 2.57. The third-order valence-corrected chi connectivity index (χ3v) is 2.82. The van der Waals surface area contributed by atoms with Gasteiger partial charge in [0.2, 0.25) is 0 Å². The molecule has 0 unspecified atom stereocenters. The van der Waals surface area contributed by atoms with E-state index in [4.69, 9.17) is 4.74 Å². The smallest absolute Gasteiger partial charge is 0.0906 e. The largest absolute Gasteiger partial charge is 0.378 e. The van der Waals surface area contributed by atoms with Gasteiger partial charge < -0.3 is 9.64 Å². The lowest BCUT2D eigenvalue weighted by Crippen LogP contribution is -2.34. The maximum atomic E-state index is 5.28. The molecule has 0 amide bonds. The van der Waals surface area contributed by atoms with Crippen LogP contribution in [0.2, 0.25) is 0 Å². The van der Waals surface area contributed by atoms with Gasteiger partial charge >= 0.3 is 0 Å². The molecule has 0 atom stereocenters. The number of ether oxygens (including phenoxy) is 1. The van der Waals surface area contributed by atoms with Gasteiger partial charge in [-0.3, -0.25) is 0 Å². The first-order valence-electron chi connectivity index (χ1n) is 6.13. The SMILES string of the molecule is C=C/C(=C\N=CN1CCOCC1)c1ccccc1. The molecule has 0 aromatic heterocycles. The minimum atomic E-state index is 0.780. The summed E-state index contributed by atoms with van der Waals surface area (Å²) in [6.45, 7) is 7.21. The van der Waals surface area contributed by atoms with Crippen molar-refractivity contribution in [2.24, 2.45) is 4.99 Å². The van der Waals surface area contributed by atoms with Crippen LogP contribution in [0.15, 0.2) is 54.2 Å². The summed E-state index contributed by atoms with van der Waals surface area (Å²) in [5.74, 6) is 0. The Balaban J connectivity index is 2.01. The van der Waals surface area contributed by atoms with E-state index in [9.17, 15) is 0 Å². The van der Waals surface area contributed by atoms with Crippen LogP contribution in [-0.2, 0) is 4.74 Å². The van der Waals surface area contributed by atoms with Crippen LogP contribution in [0.1, 0.15) is 5.56 Å². The van der Waals surface area contributed by atoms with Crippen molar-refractivity contribution in [2.45, 2.75) is 0 Å². The van der Waals surface area contributed by atoms with Gasteiger partial charge in [0, 0.05) is 19.3 Å². The zero-order valence-electron chi connectivity index (χ0n) is 10.5. The van der Waals surface area contributed by atoms with Crippen LogP contribution >= 0.6 is 0 Å². The van der Waals surface area contributed by atoms with Crippen molar-refractivity contribution < 1.29 is 4.74 Å². The zero-order valence-corrected chi connectivity index (χ0v) is 10.5. The second-order valence-electron chi connectivity index (χ2n) is 4.07. The van der Waals surface area contributed by atoms with E-state index in [0.29, 0.717) is 0 Å². The topological polar surface area (TPSA) is 24.8 Å². The Bertz CT molecular complexity index is 431. The Labute approximate surface area is 108 Å². The molecule has 0 aliphatic carbocycles. The van der Waals surface area contributed by atoms with Crippen LogP contribution in [0.25, 0.3) is 5.57 Å². The molecule has 94 valence electrons. The number of allylic oxidation sites excluding steroid dienone is 2. The van der Waals surface area contributed by atoms with Gasteiger partial charge in [-0.25, -0.2) is 4.99 Å². The Morgan fingerprint density at radius 2 is 1.94 bits per heavy atom. The third-order valence-electron chi connectivity index (χ3n) is 2.82. The summed E-state index contributed by atoms with van der Waals surface area (Å²) in [5, 5.41) is 0. The van der Waals surface area contributed by atoms with E-state index >= 15 is 0 Å². The first-order chi connectivity index (χ1) is 8.90. The standard InChI is InChI=1S/C15H18N2O/c1-2-14(15-6-4-3-5-7-15)12-16-13-17-8-10-18-11-9-17/h2-7,12-13H,1,8-11H2/b14-12+,16-13?. The summed E-state index contributed by atoms with van der Waals surface area (Å²) in [6.07, 6.45) is 5.54. The van der Waals surface area contributed by atoms with Gasteiger partial charge in [0.05, 0.1) is 19.6 Å². The molecule has 2 rings (SSSR count). The number of benzene rings is 1. The molecule has 0 radical (unpaired) electrons. The van der Waals surface area contributed by atoms with E-state index in [2.05, 4.69) is 28.6 Å². The van der Waals surface area contributed by atoms with Crippen molar-refractivity contribution in [3.05, 3.63) is 54.8 Å². The number of morpholine rings is 1. The van der Waals surface area contributed by atoms with Gasteiger partial charge in [-0.05, 0) is 11.1 Å². The first-order valence-corrected chi connectivity index (χ1v) is 6.13. The molecule has 0 N–H and O–H groups in total. The Morgan fingerprint density at radius 3 is 2.61 bits per heavy atom. The number of nitrogens with zero attached hydrogens (tertiary/aromatic N) is 2. The van der Waals surface area contributed by atoms with E-state index in [1.54, 1.807) is 0 Å². The molecule has 1 saturated heterocycles.